The van der Waals surface area contributed by atoms with E-state index in [1.165, 1.54) is 0 Å². The molecule has 8 heteroatoms. The summed E-state index contributed by atoms with van der Waals surface area (Å²) in [5.41, 5.74) is 1.14. The van der Waals surface area contributed by atoms with Gasteiger partial charge in [0.2, 0.25) is 0 Å². The predicted molar refractivity (Wildman–Crippen MR) is 121 cm³/mol. The smallest absolute Gasteiger partial charge is 0.161 e. The maximum Gasteiger partial charge on any atom is 0.161 e. The maximum absolute atomic E-state index is 10.3. The summed E-state index contributed by atoms with van der Waals surface area (Å²) in [5, 5.41) is 10.3. The second-order valence-corrected chi connectivity index (χ2v) is 8.89. The molecule has 3 rings (SSSR count). The summed E-state index contributed by atoms with van der Waals surface area (Å²) in [6.07, 6.45) is 3.35. The first-order chi connectivity index (χ1) is 14.6. The Bertz CT molecular complexity index is 779. The van der Waals surface area contributed by atoms with Gasteiger partial charge in [0.05, 0.1) is 13.7 Å². The number of hydrogen-bond acceptors (Lipinski definition) is 7. The van der Waals surface area contributed by atoms with Gasteiger partial charge in [0, 0.05) is 56.6 Å². The van der Waals surface area contributed by atoms with Crippen molar-refractivity contribution in [3.05, 3.63) is 42.0 Å². The monoisotopic (exact) mass is 434 g/mol. The molecule has 0 radical (unpaired) electrons. The number of benzene rings is 1. The molecule has 0 saturated carbocycles. The quantitative estimate of drug-likeness (QED) is 0.582. The van der Waals surface area contributed by atoms with Crippen LogP contribution in [0.1, 0.15) is 18.3 Å². The van der Waals surface area contributed by atoms with Gasteiger partial charge in [-0.25, -0.2) is 4.98 Å². The van der Waals surface area contributed by atoms with E-state index in [9.17, 15) is 5.11 Å². The number of nitrogens with zero attached hydrogens (tertiary/aromatic N) is 4. The number of β-amino-alcohol motifs (C(OH)–C–C–N with tert-alkyl or cyclic N) is 1. The van der Waals surface area contributed by atoms with Crippen LogP contribution in [0.25, 0.3) is 0 Å². The minimum atomic E-state index is -0.508. The maximum atomic E-state index is 10.3. The summed E-state index contributed by atoms with van der Waals surface area (Å²) < 4.78 is 13.6. The molecule has 2 heterocycles. The largest absolute Gasteiger partial charge is 0.493 e. The molecule has 1 aliphatic rings. The molecule has 1 saturated heterocycles. The van der Waals surface area contributed by atoms with Gasteiger partial charge in [-0.1, -0.05) is 6.07 Å². The van der Waals surface area contributed by atoms with E-state index in [-0.39, 0.29) is 6.61 Å². The standard InChI is InChI=1S/C22H34N4O3S/c1-4-26-8-7-23-22(26)16-24(2)14-18-5-6-20(21(13-18)28-3)29-17-19(27)15-25-9-11-30-12-10-25/h5-8,13,19,27H,4,9-12,14-17H2,1-3H3/t19-/m1/s1. The number of aryl methyl sites for hydroxylation is 1. The highest BCUT2D eigenvalue weighted by atomic mass is 32.2. The molecule has 0 bridgehead atoms. The Morgan fingerprint density at radius 1 is 1.23 bits per heavy atom. The Labute approximate surface area is 184 Å². The lowest BCUT2D eigenvalue weighted by Crippen LogP contribution is -2.40. The molecule has 1 aliphatic heterocycles. The van der Waals surface area contributed by atoms with Crippen LogP contribution < -0.4 is 9.47 Å². The zero-order chi connectivity index (χ0) is 21.3. The SMILES string of the molecule is CCn1ccnc1CN(C)Cc1ccc(OC[C@H](O)CN2CCSCC2)c(OC)c1. The van der Waals surface area contributed by atoms with Crippen molar-refractivity contribution in [2.75, 3.05) is 51.9 Å². The van der Waals surface area contributed by atoms with Crippen molar-refractivity contribution in [3.63, 3.8) is 0 Å². The molecule has 0 unspecified atom stereocenters. The van der Waals surface area contributed by atoms with Crippen LogP contribution in [-0.4, -0.2) is 82.5 Å². The van der Waals surface area contributed by atoms with Gasteiger partial charge in [-0.15, -0.1) is 0 Å². The first-order valence-corrected chi connectivity index (χ1v) is 11.7. The van der Waals surface area contributed by atoms with Gasteiger partial charge < -0.3 is 19.1 Å². The molecule has 0 aliphatic carbocycles. The van der Waals surface area contributed by atoms with Crippen molar-refractivity contribution in [2.24, 2.45) is 0 Å². The van der Waals surface area contributed by atoms with Crippen LogP contribution in [0.5, 0.6) is 11.5 Å². The van der Waals surface area contributed by atoms with Gasteiger partial charge >= 0.3 is 0 Å². The predicted octanol–water partition coefficient (Wildman–Crippen LogP) is 2.33. The topological polar surface area (TPSA) is 63.0 Å². The third kappa shape index (κ3) is 6.63. The number of thioether (sulfide) groups is 1. The minimum absolute atomic E-state index is 0.263. The Morgan fingerprint density at radius 3 is 2.77 bits per heavy atom. The molecule has 1 atom stereocenters. The van der Waals surface area contributed by atoms with Crippen molar-refractivity contribution in [2.45, 2.75) is 32.7 Å². The van der Waals surface area contributed by atoms with Gasteiger partial charge in [-0.2, -0.15) is 11.8 Å². The minimum Gasteiger partial charge on any atom is -0.493 e. The number of aliphatic hydroxyl groups excluding tert-OH is 1. The Morgan fingerprint density at radius 2 is 2.03 bits per heavy atom. The van der Waals surface area contributed by atoms with Crippen LogP contribution in [0, 0.1) is 0 Å². The second-order valence-electron chi connectivity index (χ2n) is 7.66. The van der Waals surface area contributed by atoms with Gasteiger partial charge in [-0.05, 0) is 31.7 Å². The molecule has 0 spiro atoms. The highest BCUT2D eigenvalue weighted by Gasteiger charge is 2.16. The molecule has 30 heavy (non-hydrogen) atoms. The Balaban J connectivity index is 1.52. The van der Waals surface area contributed by atoms with Crippen molar-refractivity contribution >= 4 is 11.8 Å². The van der Waals surface area contributed by atoms with Crippen molar-refractivity contribution < 1.29 is 14.6 Å². The fourth-order valence-electron chi connectivity index (χ4n) is 3.64. The normalized spacial score (nSPS) is 16.0. The molecule has 7 nitrogen and oxygen atoms in total. The van der Waals surface area contributed by atoms with E-state index in [4.69, 9.17) is 9.47 Å². The number of aliphatic hydroxyl groups is 1. The van der Waals surface area contributed by atoms with E-state index in [2.05, 4.69) is 39.4 Å². The van der Waals surface area contributed by atoms with Crippen LogP contribution in [0.2, 0.25) is 0 Å². The van der Waals surface area contributed by atoms with Gasteiger partial charge in [0.25, 0.3) is 0 Å². The molecule has 1 N–H and O–H groups in total. The fourth-order valence-corrected chi connectivity index (χ4v) is 4.62. The lowest BCUT2D eigenvalue weighted by Gasteiger charge is -2.28. The lowest BCUT2D eigenvalue weighted by molar-refractivity contribution is 0.0704. The summed E-state index contributed by atoms with van der Waals surface area (Å²) in [6.45, 7) is 7.59. The first kappa shape index (κ1) is 22.9. The van der Waals surface area contributed by atoms with E-state index >= 15 is 0 Å². The van der Waals surface area contributed by atoms with Crippen molar-refractivity contribution in [1.82, 2.24) is 19.4 Å². The van der Waals surface area contributed by atoms with Crippen LogP contribution in [0.15, 0.2) is 30.6 Å². The first-order valence-electron chi connectivity index (χ1n) is 10.6. The van der Waals surface area contributed by atoms with Crippen LogP contribution in [0.4, 0.5) is 0 Å². The highest BCUT2D eigenvalue weighted by Crippen LogP contribution is 2.29. The molecule has 1 fully saturated rings. The van der Waals surface area contributed by atoms with E-state index in [1.807, 2.05) is 36.3 Å². The van der Waals surface area contributed by atoms with Gasteiger partial charge in [0.15, 0.2) is 11.5 Å². The molecule has 1 aromatic heterocycles. The second kappa shape index (κ2) is 11.6. The average molecular weight is 435 g/mol. The van der Waals surface area contributed by atoms with E-state index in [1.54, 1.807) is 7.11 Å². The lowest BCUT2D eigenvalue weighted by atomic mass is 10.2. The summed E-state index contributed by atoms with van der Waals surface area (Å²) in [6, 6.07) is 5.99. The van der Waals surface area contributed by atoms with Crippen molar-refractivity contribution in [1.29, 1.82) is 0 Å². The number of imidazole rings is 1. The molecule has 166 valence electrons. The third-order valence-electron chi connectivity index (χ3n) is 5.24. The fraction of sp³-hybridized carbons (Fsp3) is 0.591. The number of methoxy groups -OCH3 is 1. The average Bonchev–Trinajstić information content (AvgIpc) is 3.20. The summed E-state index contributed by atoms with van der Waals surface area (Å²) in [5.74, 6) is 4.69. The van der Waals surface area contributed by atoms with Crippen LogP contribution >= 0.6 is 11.8 Å². The summed E-state index contributed by atoms with van der Waals surface area (Å²) >= 11 is 1.97. The van der Waals surface area contributed by atoms with Gasteiger partial charge in [0.1, 0.15) is 18.5 Å². The summed E-state index contributed by atoms with van der Waals surface area (Å²) in [7, 11) is 3.73. The Kier molecular flexibility index (Phi) is 8.87. The number of ether oxygens (including phenoxy) is 2. The number of rotatable bonds is 11. The zero-order valence-corrected chi connectivity index (χ0v) is 19.1. The highest BCUT2D eigenvalue weighted by molar-refractivity contribution is 7.99. The van der Waals surface area contributed by atoms with Crippen LogP contribution in [-0.2, 0) is 19.6 Å². The molecular formula is C22H34N4O3S. The Hall–Kier alpha value is -1.74. The van der Waals surface area contributed by atoms with Crippen LogP contribution in [0.3, 0.4) is 0 Å². The van der Waals surface area contributed by atoms with E-state index in [0.29, 0.717) is 18.0 Å². The molecule has 2 aromatic rings. The van der Waals surface area contributed by atoms with E-state index < -0.39 is 6.10 Å². The molecular weight excluding hydrogens is 400 g/mol. The third-order valence-corrected chi connectivity index (χ3v) is 6.18. The zero-order valence-electron chi connectivity index (χ0n) is 18.3. The summed E-state index contributed by atoms with van der Waals surface area (Å²) in [4.78, 5) is 8.97. The number of aromatic nitrogens is 2. The molecule has 0 amide bonds. The van der Waals surface area contributed by atoms with Gasteiger partial charge in [-0.3, -0.25) is 9.80 Å². The van der Waals surface area contributed by atoms with E-state index in [0.717, 1.165) is 55.6 Å². The molecule has 1 aromatic carbocycles. The number of hydrogen-bond donors (Lipinski definition) is 1. The van der Waals surface area contributed by atoms with Crippen molar-refractivity contribution in [3.8, 4) is 11.5 Å².